The molecule has 1 aliphatic rings. The largest absolute Gasteiger partial charge is 1.00 e. The van der Waals surface area contributed by atoms with Gasteiger partial charge in [-0.25, -0.2) is 9.65 Å². The van der Waals surface area contributed by atoms with Crippen molar-refractivity contribution in [1.82, 2.24) is 5.09 Å². The number of hydrogen-bond acceptors (Lipinski definition) is 9. The number of amides is 1. The number of methoxy groups -OCH3 is 1. The Kier molecular flexibility index (Phi) is 22.3. The van der Waals surface area contributed by atoms with Gasteiger partial charge < -0.3 is 20.6 Å². The van der Waals surface area contributed by atoms with Crippen LogP contribution in [0.25, 0.3) is 5.32 Å². The number of nitrogens with zero attached hydrogens (tertiary/aromatic N) is 1. The Morgan fingerprint density at radius 3 is 2.36 bits per heavy atom. The van der Waals surface area contributed by atoms with Crippen LogP contribution in [0.2, 0.25) is 0 Å². The standard InChI is InChI=1S/C18H32N3O6PS2.C4H10O.K/c1-13(11-22)21-28(25,26-9-10-29-17(24)18(2,3)4)27-12-14-5-6-16(30-14)20-8-7-15(19)23;1-4(2)5-3;/h7-8,11,13-14,16H,5-6,9-10,12H2,1-4H3,(H4,19,20,21,23,25);4H,1-3H3;/q;;+1/p-1. The molecule has 14 heteroatoms. The van der Waals surface area contributed by atoms with Crippen molar-refractivity contribution in [3.05, 3.63) is 17.6 Å². The summed E-state index contributed by atoms with van der Waals surface area (Å²) in [6, 6.07) is -0.711. The second-order valence-corrected chi connectivity index (χ2v) is 13.3. The summed E-state index contributed by atoms with van der Waals surface area (Å²) in [5, 5.41) is 6.87. The quantitative estimate of drug-likeness (QED) is 0.0991. The molecule has 0 saturated carbocycles. The third-order valence-electron chi connectivity index (χ3n) is 4.23. The molecule has 10 nitrogen and oxygen atoms in total. The van der Waals surface area contributed by atoms with Crippen LogP contribution in [-0.4, -0.2) is 66.2 Å². The summed E-state index contributed by atoms with van der Waals surface area (Å²) >= 11 is 2.65. The van der Waals surface area contributed by atoms with Crippen molar-refractivity contribution in [3.63, 3.8) is 0 Å². The molecule has 0 aliphatic carbocycles. The number of primary amides is 1. The molecule has 1 amide bonds. The fourth-order valence-corrected chi connectivity index (χ4v) is 5.99. The minimum Gasteiger partial charge on any atom is -0.679 e. The van der Waals surface area contributed by atoms with E-state index in [1.807, 2.05) is 34.6 Å². The molecule has 0 aromatic carbocycles. The Hall–Kier alpha value is 0.756. The van der Waals surface area contributed by atoms with Crippen molar-refractivity contribution in [2.75, 3.05) is 26.1 Å². The molecule has 0 aromatic heterocycles. The van der Waals surface area contributed by atoms with Gasteiger partial charge in [0.05, 0.1) is 25.4 Å². The topological polar surface area (TPSA) is 148 Å². The molecule has 204 valence electrons. The maximum atomic E-state index is 13.0. The molecule has 0 aromatic rings. The summed E-state index contributed by atoms with van der Waals surface area (Å²) in [6.45, 7) is 11.2. The molecule has 1 aliphatic heterocycles. The molecule has 0 spiro atoms. The minimum atomic E-state index is -3.72. The molecule has 3 N–H and O–H groups in total. The zero-order valence-corrected chi connectivity index (χ0v) is 28.4. The Balaban J connectivity index is 0. The smallest absolute Gasteiger partial charge is 0.679 e. The SMILES string of the molecule is CC(C=O)NP(=O)(OCCSC(=O)C(C)(C)C)OCC1CCC([N-]/C=C\C(N)=O)S1.COC(C)C.[K+]. The average Bonchev–Trinajstić information content (AvgIpc) is 3.22. The fraction of sp³-hybridized carbons (Fsp3) is 0.773. The van der Waals surface area contributed by atoms with E-state index < -0.39 is 25.1 Å². The van der Waals surface area contributed by atoms with Crippen molar-refractivity contribution >= 4 is 48.6 Å². The Morgan fingerprint density at radius 2 is 1.86 bits per heavy atom. The van der Waals surface area contributed by atoms with Crippen LogP contribution in [0.1, 0.15) is 54.4 Å². The third-order valence-corrected chi connectivity index (χ3v) is 8.64. The number of nitrogens with two attached hydrogens (primary N) is 1. The van der Waals surface area contributed by atoms with Crippen LogP contribution >= 0.6 is 31.3 Å². The van der Waals surface area contributed by atoms with E-state index in [0.29, 0.717) is 18.1 Å². The van der Waals surface area contributed by atoms with E-state index in [-0.39, 0.29) is 80.3 Å². The first-order valence-electron chi connectivity index (χ1n) is 11.4. The summed E-state index contributed by atoms with van der Waals surface area (Å²) in [4.78, 5) is 33.6. The van der Waals surface area contributed by atoms with Crippen LogP contribution in [0.3, 0.4) is 0 Å². The molecule has 1 fully saturated rings. The Bertz CT molecular complexity index is 739. The van der Waals surface area contributed by atoms with Gasteiger partial charge >= 0.3 is 59.1 Å². The molecule has 1 heterocycles. The van der Waals surface area contributed by atoms with Gasteiger partial charge in [0.25, 0.3) is 0 Å². The number of rotatable bonds is 14. The molecule has 36 heavy (non-hydrogen) atoms. The van der Waals surface area contributed by atoms with Crippen LogP contribution < -0.4 is 62.2 Å². The summed E-state index contributed by atoms with van der Waals surface area (Å²) in [5.74, 6) is -0.233. The third kappa shape index (κ3) is 19.8. The molecule has 4 unspecified atom stereocenters. The van der Waals surface area contributed by atoms with Gasteiger partial charge in [0.15, 0.2) is 5.12 Å². The van der Waals surface area contributed by atoms with Gasteiger partial charge in [0.1, 0.15) is 6.29 Å². The first-order valence-corrected chi connectivity index (χ1v) is 14.8. The molecular weight excluding hydrogens is 552 g/mol. The first-order chi connectivity index (χ1) is 16.2. The van der Waals surface area contributed by atoms with E-state index in [9.17, 15) is 18.9 Å². The zero-order valence-electron chi connectivity index (χ0n) is 22.7. The summed E-state index contributed by atoms with van der Waals surface area (Å²) in [5.41, 5.74) is 4.56. The van der Waals surface area contributed by atoms with Gasteiger partial charge in [-0.1, -0.05) is 44.3 Å². The monoisotopic (exact) mass is 593 g/mol. The molecular formula is C22H41KN3O7PS2. The van der Waals surface area contributed by atoms with Gasteiger partial charge in [-0.15, -0.1) is 0 Å². The van der Waals surface area contributed by atoms with Gasteiger partial charge in [-0.2, -0.15) is 18.0 Å². The second-order valence-electron chi connectivity index (χ2n) is 9.01. The van der Waals surface area contributed by atoms with Gasteiger partial charge in [0.2, 0.25) is 5.91 Å². The molecule has 1 rings (SSSR count). The second kappa shape index (κ2) is 20.6. The molecule has 4 atom stereocenters. The van der Waals surface area contributed by atoms with E-state index in [4.69, 9.17) is 19.5 Å². The predicted molar refractivity (Wildman–Crippen MR) is 143 cm³/mol. The summed E-state index contributed by atoms with van der Waals surface area (Å²) in [6.07, 6.45) is 5.16. The summed E-state index contributed by atoms with van der Waals surface area (Å²) in [7, 11) is -2.02. The van der Waals surface area contributed by atoms with Gasteiger partial charge in [-0.05, 0) is 33.3 Å². The van der Waals surface area contributed by atoms with Crippen molar-refractivity contribution in [3.8, 4) is 0 Å². The maximum absolute atomic E-state index is 13.0. The zero-order chi connectivity index (χ0) is 27.1. The number of carbonyl (C=O) groups is 3. The van der Waals surface area contributed by atoms with E-state index in [1.165, 1.54) is 12.3 Å². The normalized spacial score (nSPS) is 20.1. The van der Waals surface area contributed by atoms with Crippen molar-refractivity contribution in [1.29, 1.82) is 0 Å². The predicted octanol–water partition coefficient (Wildman–Crippen LogP) is 1.25. The van der Waals surface area contributed by atoms with E-state index in [2.05, 4.69) is 10.4 Å². The van der Waals surface area contributed by atoms with Gasteiger partial charge in [0, 0.05) is 23.5 Å². The molecule has 0 bridgehead atoms. The number of aldehydes is 1. The van der Waals surface area contributed by atoms with Crippen LogP contribution in [0.4, 0.5) is 0 Å². The fourth-order valence-electron chi connectivity index (χ4n) is 2.21. The van der Waals surface area contributed by atoms with Crippen LogP contribution in [0.5, 0.6) is 0 Å². The van der Waals surface area contributed by atoms with Crippen molar-refractivity contribution < 1.29 is 84.1 Å². The first kappa shape index (κ1) is 38.9. The number of thioether (sulfide) groups is 2. The minimum absolute atomic E-state index is 0. The van der Waals surface area contributed by atoms with Crippen LogP contribution in [-0.2, 0) is 32.7 Å². The van der Waals surface area contributed by atoms with E-state index in [1.54, 1.807) is 25.8 Å². The van der Waals surface area contributed by atoms with Crippen molar-refractivity contribution in [2.45, 2.75) is 77.2 Å². The van der Waals surface area contributed by atoms with Crippen LogP contribution in [0, 0.1) is 5.41 Å². The number of ether oxygens (including phenoxy) is 1. The average molecular weight is 594 g/mol. The summed E-state index contributed by atoms with van der Waals surface area (Å²) < 4.78 is 28.8. The van der Waals surface area contributed by atoms with Crippen LogP contribution in [0.15, 0.2) is 12.3 Å². The Morgan fingerprint density at radius 1 is 1.25 bits per heavy atom. The van der Waals surface area contributed by atoms with Gasteiger partial charge in [-0.3, -0.25) is 18.6 Å². The number of nitrogens with one attached hydrogen (secondary N) is 1. The molecule has 1 saturated heterocycles. The number of hydrogen-bond donors (Lipinski definition) is 2. The van der Waals surface area contributed by atoms with E-state index in [0.717, 1.165) is 24.6 Å². The van der Waals surface area contributed by atoms with E-state index >= 15 is 0 Å². The molecule has 0 radical (unpaired) electrons. The van der Waals surface area contributed by atoms with Crippen molar-refractivity contribution in [2.24, 2.45) is 11.1 Å². The number of carbonyl (C=O) groups excluding carboxylic acids is 3. The maximum Gasteiger partial charge on any atom is 1.00 e. The Labute approximate surface area is 267 Å².